The van der Waals surface area contributed by atoms with Gasteiger partial charge in [0.05, 0.1) is 12.5 Å². The van der Waals surface area contributed by atoms with E-state index < -0.39 is 0 Å². The molecule has 1 N–H and O–H groups in total. The van der Waals surface area contributed by atoms with E-state index in [1.807, 2.05) is 40.9 Å². The van der Waals surface area contributed by atoms with Gasteiger partial charge < -0.3 is 9.72 Å². The fourth-order valence-corrected chi connectivity index (χ4v) is 1.61. The van der Waals surface area contributed by atoms with E-state index >= 15 is 0 Å². The molecular weight excluding hydrogens is 200 g/mol. The number of para-hydroxylation sites is 1. The Hall–Kier alpha value is -2.36. The third-order valence-electron chi connectivity index (χ3n) is 2.38. The maximum absolute atomic E-state index is 4.30. The summed E-state index contributed by atoms with van der Waals surface area (Å²) in [6.07, 6.45) is 7.17. The molecule has 0 bridgehead atoms. The number of hydrogen-bond acceptors (Lipinski definition) is 3. The van der Waals surface area contributed by atoms with Crippen LogP contribution in [0.4, 0.5) is 11.5 Å². The van der Waals surface area contributed by atoms with E-state index in [1.54, 1.807) is 18.7 Å². The number of nitrogens with one attached hydrogen (secondary N) is 1. The minimum atomic E-state index is 0.811. The SMILES string of the molecule is c1ccc(Nc2nccn3cncc23)cc1. The minimum absolute atomic E-state index is 0.811. The Balaban J connectivity index is 2.04. The summed E-state index contributed by atoms with van der Waals surface area (Å²) in [6.45, 7) is 0. The van der Waals surface area contributed by atoms with Gasteiger partial charge in [0.15, 0.2) is 5.82 Å². The van der Waals surface area contributed by atoms with Gasteiger partial charge in [-0.1, -0.05) is 18.2 Å². The molecule has 0 amide bonds. The second-order valence-corrected chi connectivity index (χ2v) is 3.45. The Morgan fingerprint density at radius 3 is 2.88 bits per heavy atom. The second-order valence-electron chi connectivity index (χ2n) is 3.45. The first kappa shape index (κ1) is 8.91. The van der Waals surface area contributed by atoms with Crippen LogP contribution in [0, 0.1) is 0 Å². The van der Waals surface area contributed by atoms with E-state index in [9.17, 15) is 0 Å². The normalized spacial score (nSPS) is 10.5. The molecule has 0 atom stereocenters. The molecule has 2 heterocycles. The van der Waals surface area contributed by atoms with Crippen LogP contribution in [-0.2, 0) is 0 Å². The number of imidazole rings is 1. The van der Waals surface area contributed by atoms with Crippen LogP contribution < -0.4 is 5.32 Å². The lowest BCUT2D eigenvalue weighted by atomic mass is 10.3. The average molecular weight is 210 g/mol. The fourth-order valence-electron chi connectivity index (χ4n) is 1.61. The van der Waals surface area contributed by atoms with Gasteiger partial charge >= 0.3 is 0 Å². The third kappa shape index (κ3) is 1.50. The lowest BCUT2D eigenvalue weighted by Crippen LogP contribution is -1.96. The van der Waals surface area contributed by atoms with Crippen LogP contribution in [-0.4, -0.2) is 14.4 Å². The molecule has 0 saturated carbocycles. The van der Waals surface area contributed by atoms with Gasteiger partial charge in [-0.3, -0.25) is 0 Å². The zero-order valence-electron chi connectivity index (χ0n) is 8.54. The first-order chi connectivity index (χ1) is 7.93. The summed E-state index contributed by atoms with van der Waals surface area (Å²) in [7, 11) is 0. The lowest BCUT2D eigenvalue weighted by molar-refractivity contribution is 1.12. The van der Waals surface area contributed by atoms with Crippen molar-refractivity contribution in [2.24, 2.45) is 0 Å². The Bertz CT molecular complexity index is 600. The van der Waals surface area contributed by atoms with E-state index in [-0.39, 0.29) is 0 Å². The molecular formula is C12H10N4. The highest BCUT2D eigenvalue weighted by Gasteiger charge is 2.02. The van der Waals surface area contributed by atoms with Crippen molar-refractivity contribution in [3.63, 3.8) is 0 Å². The molecule has 0 aliphatic rings. The maximum Gasteiger partial charge on any atom is 0.156 e. The van der Waals surface area contributed by atoms with Gasteiger partial charge in [0.1, 0.15) is 5.52 Å². The van der Waals surface area contributed by atoms with Crippen LogP contribution >= 0.6 is 0 Å². The van der Waals surface area contributed by atoms with E-state index in [0.717, 1.165) is 17.0 Å². The standard InChI is InChI=1S/C12H10N4/c1-2-4-10(5-3-1)15-12-11-8-13-9-16(11)7-6-14-12/h1-9H,(H,14,15). The van der Waals surface area contributed by atoms with Crippen molar-refractivity contribution in [1.29, 1.82) is 0 Å². The molecule has 0 unspecified atom stereocenters. The third-order valence-corrected chi connectivity index (χ3v) is 2.38. The highest BCUT2D eigenvalue weighted by Crippen LogP contribution is 2.18. The van der Waals surface area contributed by atoms with Crippen LogP contribution in [0.15, 0.2) is 55.2 Å². The minimum Gasteiger partial charge on any atom is -0.338 e. The smallest absolute Gasteiger partial charge is 0.156 e. The molecule has 0 aliphatic heterocycles. The van der Waals surface area contributed by atoms with Crippen molar-refractivity contribution in [3.05, 3.63) is 55.2 Å². The van der Waals surface area contributed by atoms with Gasteiger partial charge in [-0.2, -0.15) is 0 Å². The molecule has 0 aliphatic carbocycles. The molecule has 1 aromatic carbocycles. The predicted molar refractivity (Wildman–Crippen MR) is 62.7 cm³/mol. The van der Waals surface area contributed by atoms with Crippen LogP contribution in [0.1, 0.15) is 0 Å². The number of anilines is 2. The van der Waals surface area contributed by atoms with E-state index in [1.165, 1.54) is 0 Å². The van der Waals surface area contributed by atoms with Crippen LogP contribution in [0.2, 0.25) is 0 Å². The summed E-state index contributed by atoms with van der Waals surface area (Å²) in [5.74, 6) is 0.811. The van der Waals surface area contributed by atoms with Gasteiger partial charge in [-0.25, -0.2) is 9.97 Å². The van der Waals surface area contributed by atoms with Crippen molar-refractivity contribution in [1.82, 2.24) is 14.4 Å². The van der Waals surface area contributed by atoms with Gasteiger partial charge in [-0.05, 0) is 12.1 Å². The van der Waals surface area contributed by atoms with Crippen molar-refractivity contribution in [2.75, 3.05) is 5.32 Å². The summed E-state index contributed by atoms with van der Waals surface area (Å²) in [6, 6.07) is 9.96. The molecule has 0 spiro atoms. The quantitative estimate of drug-likeness (QED) is 0.706. The van der Waals surface area contributed by atoms with E-state index in [0.29, 0.717) is 0 Å². The lowest BCUT2D eigenvalue weighted by Gasteiger charge is -2.06. The molecule has 0 radical (unpaired) electrons. The number of fused-ring (bicyclic) bond motifs is 1. The Labute approximate surface area is 92.6 Å². The van der Waals surface area contributed by atoms with Crippen molar-refractivity contribution in [3.8, 4) is 0 Å². The maximum atomic E-state index is 4.30. The number of nitrogens with zero attached hydrogens (tertiary/aromatic N) is 3. The van der Waals surface area contributed by atoms with Gasteiger partial charge in [0.2, 0.25) is 0 Å². The van der Waals surface area contributed by atoms with Crippen LogP contribution in [0.3, 0.4) is 0 Å². The Morgan fingerprint density at radius 2 is 2.00 bits per heavy atom. The number of hydrogen-bond donors (Lipinski definition) is 1. The molecule has 2 aromatic heterocycles. The predicted octanol–water partition coefficient (Wildman–Crippen LogP) is 2.47. The molecule has 4 nitrogen and oxygen atoms in total. The first-order valence-corrected chi connectivity index (χ1v) is 5.02. The molecule has 0 fully saturated rings. The average Bonchev–Trinajstić information content (AvgIpc) is 2.80. The molecule has 3 aromatic rings. The van der Waals surface area contributed by atoms with E-state index in [2.05, 4.69) is 15.3 Å². The Kier molecular flexibility index (Phi) is 2.04. The second kappa shape index (κ2) is 3.66. The highest BCUT2D eigenvalue weighted by atomic mass is 15.1. The number of aromatic nitrogens is 3. The summed E-state index contributed by atoms with van der Waals surface area (Å²) in [5, 5.41) is 3.26. The van der Waals surface area contributed by atoms with Crippen molar-refractivity contribution < 1.29 is 0 Å². The first-order valence-electron chi connectivity index (χ1n) is 5.02. The summed E-state index contributed by atoms with van der Waals surface area (Å²) < 4.78 is 1.93. The topological polar surface area (TPSA) is 42.2 Å². The molecule has 78 valence electrons. The van der Waals surface area contributed by atoms with Gasteiger partial charge in [-0.15, -0.1) is 0 Å². The number of benzene rings is 1. The van der Waals surface area contributed by atoms with Crippen LogP contribution in [0.5, 0.6) is 0 Å². The summed E-state index contributed by atoms with van der Waals surface area (Å²) >= 11 is 0. The molecule has 0 saturated heterocycles. The zero-order chi connectivity index (χ0) is 10.8. The van der Waals surface area contributed by atoms with Gasteiger partial charge in [0.25, 0.3) is 0 Å². The molecule has 4 heteroatoms. The fraction of sp³-hybridized carbons (Fsp3) is 0. The summed E-state index contributed by atoms with van der Waals surface area (Å²) in [4.78, 5) is 8.39. The molecule has 3 rings (SSSR count). The van der Waals surface area contributed by atoms with Crippen molar-refractivity contribution in [2.45, 2.75) is 0 Å². The van der Waals surface area contributed by atoms with Gasteiger partial charge in [0, 0.05) is 18.1 Å². The highest BCUT2D eigenvalue weighted by molar-refractivity contribution is 5.72. The molecule has 16 heavy (non-hydrogen) atoms. The van der Waals surface area contributed by atoms with Crippen molar-refractivity contribution >= 4 is 17.0 Å². The Morgan fingerprint density at radius 1 is 1.12 bits per heavy atom. The number of rotatable bonds is 2. The van der Waals surface area contributed by atoms with E-state index in [4.69, 9.17) is 0 Å². The van der Waals surface area contributed by atoms with Crippen LogP contribution in [0.25, 0.3) is 5.52 Å². The largest absolute Gasteiger partial charge is 0.338 e. The summed E-state index contributed by atoms with van der Waals surface area (Å²) in [5.41, 5.74) is 1.98. The zero-order valence-corrected chi connectivity index (χ0v) is 8.54. The monoisotopic (exact) mass is 210 g/mol.